The van der Waals surface area contributed by atoms with E-state index in [4.69, 9.17) is 4.74 Å². The van der Waals surface area contributed by atoms with Gasteiger partial charge < -0.3 is 4.74 Å². The molecule has 0 saturated heterocycles. The monoisotopic (exact) mass is 230 g/mol. The zero-order valence-corrected chi connectivity index (χ0v) is 10.8. The van der Waals surface area contributed by atoms with Crippen molar-refractivity contribution >= 4 is 0 Å². The van der Waals surface area contributed by atoms with Crippen molar-refractivity contribution in [3.05, 3.63) is 36.0 Å². The Morgan fingerprint density at radius 3 is 2.53 bits per heavy atom. The van der Waals surface area contributed by atoms with Crippen LogP contribution < -0.4 is 4.74 Å². The van der Waals surface area contributed by atoms with Gasteiger partial charge in [0.25, 0.3) is 0 Å². The predicted molar refractivity (Wildman–Crippen MR) is 69.1 cm³/mol. The summed E-state index contributed by atoms with van der Waals surface area (Å²) in [6.07, 6.45) is 2.15. The van der Waals surface area contributed by atoms with Crippen LogP contribution in [-0.2, 0) is 7.05 Å². The quantitative estimate of drug-likeness (QED) is 0.809. The highest BCUT2D eigenvalue weighted by molar-refractivity contribution is 5.61. The van der Waals surface area contributed by atoms with Crippen LogP contribution in [0.25, 0.3) is 11.3 Å². The Kier molecular flexibility index (Phi) is 3.18. The fourth-order valence-corrected chi connectivity index (χ4v) is 1.76. The van der Waals surface area contributed by atoms with Crippen molar-refractivity contribution in [2.75, 3.05) is 0 Å². The Balaban J connectivity index is 2.30. The lowest BCUT2D eigenvalue weighted by atomic mass is 10.1. The molecular formula is C14H18N2O. The van der Waals surface area contributed by atoms with Crippen molar-refractivity contribution < 1.29 is 4.74 Å². The summed E-state index contributed by atoms with van der Waals surface area (Å²) in [5, 5.41) is 4.39. The van der Waals surface area contributed by atoms with Crippen LogP contribution in [0.3, 0.4) is 0 Å². The van der Waals surface area contributed by atoms with Gasteiger partial charge in [-0.1, -0.05) is 0 Å². The first-order valence-electron chi connectivity index (χ1n) is 5.83. The van der Waals surface area contributed by atoms with Crippen molar-refractivity contribution in [3.8, 4) is 17.0 Å². The minimum atomic E-state index is 0.203. The van der Waals surface area contributed by atoms with Gasteiger partial charge in [-0.3, -0.25) is 4.68 Å². The molecule has 0 N–H and O–H groups in total. The Morgan fingerprint density at radius 2 is 2.00 bits per heavy atom. The minimum Gasteiger partial charge on any atom is -0.491 e. The van der Waals surface area contributed by atoms with Gasteiger partial charge in [-0.2, -0.15) is 5.10 Å². The number of rotatable bonds is 3. The second-order valence-electron chi connectivity index (χ2n) is 4.52. The maximum atomic E-state index is 5.72. The number of aryl methyl sites for hydroxylation is 2. The lowest BCUT2D eigenvalue weighted by molar-refractivity contribution is 0.241. The molecule has 0 bridgehead atoms. The number of hydrogen-bond acceptors (Lipinski definition) is 2. The van der Waals surface area contributed by atoms with Crippen molar-refractivity contribution in [2.45, 2.75) is 26.9 Å². The van der Waals surface area contributed by atoms with Crippen LogP contribution in [0.1, 0.15) is 19.4 Å². The van der Waals surface area contributed by atoms with Crippen LogP contribution in [0.5, 0.6) is 5.75 Å². The van der Waals surface area contributed by atoms with Gasteiger partial charge in [-0.15, -0.1) is 0 Å². The van der Waals surface area contributed by atoms with E-state index in [2.05, 4.69) is 18.1 Å². The van der Waals surface area contributed by atoms with Crippen LogP contribution in [0, 0.1) is 6.92 Å². The third-order valence-electron chi connectivity index (χ3n) is 2.55. The topological polar surface area (TPSA) is 27.1 Å². The highest BCUT2D eigenvalue weighted by Crippen LogP contribution is 2.25. The maximum absolute atomic E-state index is 5.72. The summed E-state index contributed by atoms with van der Waals surface area (Å²) in [7, 11) is 1.92. The average molecular weight is 230 g/mol. The molecule has 0 saturated carbocycles. The highest BCUT2D eigenvalue weighted by Gasteiger charge is 2.06. The summed E-state index contributed by atoms with van der Waals surface area (Å²) in [6.45, 7) is 6.13. The molecular weight excluding hydrogens is 212 g/mol. The van der Waals surface area contributed by atoms with Gasteiger partial charge in [-0.05, 0) is 50.6 Å². The molecule has 0 unspecified atom stereocenters. The molecule has 1 aromatic heterocycles. The molecule has 1 aromatic carbocycles. The van der Waals surface area contributed by atoms with E-state index < -0.39 is 0 Å². The number of ether oxygens (including phenoxy) is 1. The second-order valence-corrected chi connectivity index (χ2v) is 4.52. The van der Waals surface area contributed by atoms with E-state index >= 15 is 0 Å². The number of nitrogens with zero attached hydrogens (tertiary/aromatic N) is 2. The van der Waals surface area contributed by atoms with Crippen molar-refractivity contribution in [1.82, 2.24) is 9.78 Å². The third kappa shape index (κ3) is 2.67. The van der Waals surface area contributed by atoms with E-state index in [1.807, 2.05) is 50.0 Å². The molecule has 0 amide bonds. The first kappa shape index (κ1) is 11.7. The van der Waals surface area contributed by atoms with Crippen LogP contribution in [0.2, 0.25) is 0 Å². The lowest BCUT2D eigenvalue weighted by Crippen LogP contribution is -2.06. The van der Waals surface area contributed by atoms with E-state index in [9.17, 15) is 0 Å². The fraction of sp³-hybridized carbons (Fsp3) is 0.357. The van der Waals surface area contributed by atoms with E-state index in [1.54, 1.807) is 0 Å². The average Bonchev–Trinajstić information content (AvgIpc) is 2.67. The Labute approximate surface area is 102 Å². The largest absolute Gasteiger partial charge is 0.491 e. The number of hydrogen-bond donors (Lipinski definition) is 0. The molecule has 0 aliphatic rings. The molecule has 3 nitrogen and oxygen atoms in total. The minimum absolute atomic E-state index is 0.203. The Bertz CT molecular complexity index is 515. The van der Waals surface area contributed by atoms with Crippen molar-refractivity contribution in [2.24, 2.45) is 7.05 Å². The van der Waals surface area contributed by atoms with E-state index in [0.29, 0.717) is 0 Å². The molecule has 0 spiro atoms. The van der Waals surface area contributed by atoms with Crippen LogP contribution in [-0.4, -0.2) is 15.9 Å². The van der Waals surface area contributed by atoms with Gasteiger partial charge in [0.15, 0.2) is 0 Å². The molecule has 0 atom stereocenters. The Morgan fingerprint density at radius 1 is 1.24 bits per heavy atom. The van der Waals surface area contributed by atoms with Gasteiger partial charge in [-0.25, -0.2) is 0 Å². The molecule has 2 rings (SSSR count). The van der Waals surface area contributed by atoms with Crippen molar-refractivity contribution in [1.29, 1.82) is 0 Å². The van der Waals surface area contributed by atoms with E-state index in [0.717, 1.165) is 22.6 Å². The summed E-state index contributed by atoms with van der Waals surface area (Å²) in [4.78, 5) is 0. The summed E-state index contributed by atoms with van der Waals surface area (Å²) in [6, 6.07) is 8.18. The normalized spacial score (nSPS) is 10.9. The molecule has 0 radical (unpaired) electrons. The molecule has 1 heterocycles. The first-order chi connectivity index (χ1) is 8.06. The van der Waals surface area contributed by atoms with Crippen LogP contribution >= 0.6 is 0 Å². The lowest BCUT2D eigenvalue weighted by Gasteiger charge is -2.12. The fourth-order valence-electron chi connectivity index (χ4n) is 1.76. The summed E-state index contributed by atoms with van der Waals surface area (Å²) >= 11 is 0. The number of benzene rings is 1. The Hall–Kier alpha value is -1.77. The highest BCUT2D eigenvalue weighted by atomic mass is 16.5. The second kappa shape index (κ2) is 4.62. The predicted octanol–water partition coefficient (Wildman–Crippen LogP) is 3.18. The van der Waals surface area contributed by atoms with Gasteiger partial charge in [0, 0.05) is 18.8 Å². The van der Waals surface area contributed by atoms with Gasteiger partial charge in [0.1, 0.15) is 5.75 Å². The van der Waals surface area contributed by atoms with Gasteiger partial charge >= 0.3 is 0 Å². The van der Waals surface area contributed by atoms with E-state index in [-0.39, 0.29) is 6.10 Å². The molecule has 0 aliphatic carbocycles. The zero-order chi connectivity index (χ0) is 12.4. The number of aromatic nitrogens is 2. The summed E-state index contributed by atoms with van der Waals surface area (Å²) < 4.78 is 7.52. The zero-order valence-electron chi connectivity index (χ0n) is 10.8. The molecule has 90 valence electrons. The van der Waals surface area contributed by atoms with E-state index in [1.165, 1.54) is 0 Å². The molecule has 0 aliphatic heterocycles. The molecule has 17 heavy (non-hydrogen) atoms. The standard InChI is InChI=1S/C14H18N2O/c1-10(2)17-14-6-5-12(9-11(14)3)13-7-8-16(4)15-13/h5-10H,1-4H3. The first-order valence-corrected chi connectivity index (χ1v) is 5.83. The van der Waals surface area contributed by atoms with Gasteiger partial charge in [0.05, 0.1) is 11.8 Å². The molecule has 3 heteroatoms. The molecule has 0 fully saturated rings. The molecule has 2 aromatic rings. The smallest absolute Gasteiger partial charge is 0.122 e. The third-order valence-corrected chi connectivity index (χ3v) is 2.55. The maximum Gasteiger partial charge on any atom is 0.122 e. The van der Waals surface area contributed by atoms with Crippen LogP contribution in [0.15, 0.2) is 30.5 Å². The summed E-state index contributed by atoms with van der Waals surface area (Å²) in [5.41, 5.74) is 3.26. The SMILES string of the molecule is Cc1cc(-c2ccn(C)n2)ccc1OC(C)C. The van der Waals surface area contributed by atoms with Crippen LogP contribution in [0.4, 0.5) is 0 Å². The van der Waals surface area contributed by atoms with Gasteiger partial charge in [0.2, 0.25) is 0 Å². The summed E-state index contributed by atoms with van der Waals surface area (Å²) in [5.74, 6) is 0.944. The van der Waals surface area contributed by atoms with Crippen molar-refractivity contribution in [3.63, 3.8) is 0 Å².